The number of pyridine rings is 1. The summed E-state index contributed by atoms with van der Waals surface area (Å²) in [6.45, 7) is 2.79. The van der Waals surface area contributed by atoms with E-state index in [9.17, 15) is 4.79 Å². The minimum atomic E-state index is 0.186. The van der Waals surface area contributed by atoms with E-state index in [1.54, 1.807) is 6.20 Å². The molecule has 2 N–H and O–H groups in total. The molecule has 1 saturated heterocycles. The van der Waals surface area contributed by atoms with Crippen LogP contribution in [0.1, 0.15) is 24.1 Å². The molecular weight excluding hydrogens is 272 g/mol. The van der Waals surface area contributed by atoms with E-state index in [1.807, 2.05) is 29.0 Å². The molecule has 2 rings (SSSR count). The Labute approximate surface area is 124 Å². The number of carbonyl (C=O) groups is 1. The summed E-state index contributed by atoms with van der Waals surface area (Å²) in [6.07, 6.45) is 3.90. The van der Waals surface area contributed by atoms with Gasteiger partial charge in [-0.25, -0.2) is 0 Å². The summed E-state index contributed by atoms with van der Waals surface area (Å²) in [5.74, 6) is 0.186. The van der Waals surface area contributed by atoms with Gasteiger partial charge >= 0.3 is 0 Å². The fourth-order valence-corrected chi connectivity index (χ4v) is 2.62. The molecule has 1 aromatic rings. The van der Waals surface area contributed by atoms with Gasteiger partial charge in [-0.05, 0) is 31.5 Å². The number of likely N-dealkylation sites (N-methyl/N-ethyl adjacent to an activating group) is 1. The topological polar surface area (TPSA) is 62.5 Å². The van der Waals surface area contributed by atoms with Crippen molar-refractivity contribution in [3.63, 3.8) is 0 Å². The van der Waals surface area contributed by atoms with Gasteiger partial charge in [0.05, 0.1) is 6.54 Å². The lowest BCUT2D eigenvalue weighted by Crippen LogP contribution is -2.37. The molecule has 0 aromatic carbocycles. The molecule has 108 valence electrons. The van der Waals surface area contributed by atoms with E-state index in [2.05, 4.69) is 4.98 Å². The Morgan fingerprint density at radius 2 is 2.20 bits per heavy atom. The maximum absolute atomic E-state index is 12.1. The van der Waals surface area contributed by atoms with Crippen LogP contribution in [0.3, 0.4) is 0 Å². The van der Waals surface area contributed by atoms with Crippen LogP contribution in [-0.4, -0.2) is 52.4 Å². The Morgan fingerprint density at radius 1 is 1.50 bits per heavy atom. The molecule has 20 heavy (non-hydrogen) atoms. The second-order valence-electron chi connectivity index (χ2n) is 5.14. The first-order chi connectivity index (χ1) is 9.58. The fourth-order valence-electron chi connectivity index (χ4n) is 2.43. The van der Waals surface area contributed by atoms with Gasteiger partial charge in [-0.3, -0.25) is 14.7 Å². The van der Waals surface area contributed by atoms with E-state index in [0.717, 1.165) is 31.5 Å². The molecule has 1 fully saturated rings. The van der Waals surface area contributed by atoms with Gasteiger partial charge in [0.1, 0.15) is 10.7 Å². The summed E-state index contributed by atoms with van der Waals surface area (Å²) in [5.41, 5.74) is 7.26. The lowest BCUT2D eigenvalue weighted by molar-refractivity contribution is -0.131. The van der Waals surface area contributed by atoms with Crippen molar-refractivity contribution in [3.8, 4) is 0 Å². The van der Waals surface area contributed by atoms with E-state index < -0.39 is 0 Å². The van der Waals surface area contributed by atoms with Crippen molar-refractivity contribution >= 4 is 23.1 Å². The maximum Gasteiger partial charge on any atom is 0.236 e. The SMILES string of the molecule is CN(CC(=O)N1CCCC1)Cc1cccnc1C(N)=S. The van der Waals surface area contributed by atoms with Crippen molar-refractivity contribution in [2.75, 3.05) is 26.7 Å². The van der Waals surface area contributed by atoms with Gasteiger partial charge in [-0.1, -0.05) is 18.3 Å². The average Bonchev–Trinajstić information content (AvgIpc) is 2.92. The van der Waals surface area contributed by atoms with E-state index in [4.69, 9.17) is 18.0 Å². The number of thiocarbonyl (C=S) groups is 1. The van der Waals surface area contributed by atoms with Crippen molar-refractivity contribution in [2.45, 2.75) is 19.4 Å². The fraction of sp³-hybridized carbons (Fsp3) is 0.500. The van der Waals surface area contributed by atoms with E-state index >= 15 is 0 Å². The molecule has 0 aliphatic carbocycles. The van der Waals surface area contributed by atoms with Crippen molar-refractivity contribution in [2.24, 2.45) is 5.73 Å². The van der Waals surface area contributed by atoms with Gasteiger partial charge in [-0.15, -0.1) is 0 Å². The molecule has 2 heterocycles. The zero-order chi connectivity index (χ0) is 14.5. The van der Waals surface area contributed by atoms with E-state index in [-0.39, 0.29) is 5.91 Å². The first-order valence-electron chi connectivity index (χ1n) is 6.78. The minimum Gasteiger partial charge on any atom is -0.388 e. The van der Waals surface area contributed by atoms with Gasteiger partial charge in [0.15, 0.2) is 0 Å². The largest absolute Gasteiger partial charge is 0.388 e. The number of aromatic nitrogens is 1. The van der Waals surface area contributed by atoms with Gasteiger partial charge < -0.3 is 10.6 Å². The minimum absolute atomic E-state index is 0.186. The van der Waals surface area contributed by atoms with Crippen LogP contribution < -0.4 is 5.73 Å². The third kappa shape index (κ3) is 3.74. The first kappa shape index (κ1) is 14.9. The van der Waals surface area contributed by atoms with Gasteiger partial charge in [0.2, 0.25) is 5.91 Å². The second kappa shape index (κ2) is 6.76. The Kier molecular flexibility index (Phi) is 5.03. The van der Waals surface area contributed by atoms with Crippen LogP contribution in [0, 0.1) is 0 Å². The molecule has 1 aliphatic rings. The second-order valence-corrected chi connectivity index (χ2v) is 5.58. The lowest BCUT2D eigenvalue weighted by atomic mass is 10.2. The summed E-state index contributed by atoms with van der Waals surface area (Å²) < 4.78 is 0. The van der Waals surface area contributed by atoms with Crippen LogP contribution in [-0.2, 0) is 11.3 Å². The highest BCUT2D eigenvalue weighted by molar-refractivity contribution is 7.80. The number of amides is 1. The predicted molar refractivity (Wildman–Crippen MR) is 82.3 cm³/mol. The van der Waals surface area contributed by atoms with Crippen LogP contribution in [0.4, 0.5) is 0 Å². The third-order valence-electron chi connectivity index (χ3n) is 3.43. The molecule has 1 aromatic heterocycles. The third-order valence-corrected chi connectivity index (χ3v) is 3.62. The highest BCUT2D eigenvalue weighted by atomic mass is 32.1. The zero-order valence-corrected chi connectivity index (χ0v) is 12.5. The Morgan fingerprint density at radius 3 is 2.85 bits per heavy atom. The predicted octanol–water partition coefficient (Wildman–Crippen LogP) is 0.770. The van der Waals surface area contributed by atoms with Crippen LogP contribution in [0.25, 0.3) is 0 Å². The van der Waals surface area contributed by atoms with Gasteiger partial charge in [0.25, 0.3) is 0 Å². The molecule has 0 unspecified atom stereocenters. The van der Waals surface area contributed by atoms with Crippen LogP contribution in [0.5, 0.6) is 0 Å². The molecule has 1 amide bonds. The number of carbonyl (C=O) groups excluding carboxylic acids is 1. The number of hydrogen-bond acceptors (Lipinski definition) is 4. The summed E-state index contributed by atoms with van der Waals surface area (Å²) in [4.78, 5) is 20.5. The first-order valence-corrected chi connectivity index (χ1v) is 7.19. The van der Waals surface area contributed by atoms with Crippen molar-refractivity contribution in [1.82, 2.24) is 14.8 Å². The molecular formula is C14H20N4OS. The summed E-state index contributed by atoms with van der Waals surface area (Å²) in [7, 11) is 1.92. The molecule has 6 heteroatoms. The standard InChI is InChI=1S/C14H20N4OS/c1-17(10-12(19)18-7-2-3-8-18)9-11-5-4-6-16-13(11)14(15)20/h4-6H,2-3,7-10H2,1H3,(H2,15,20). The normalized spacial score (nSPS) is 14.8. The highest BCUT2D eigenvalue weighted by Crippen LogP contribution is 2.11. The van der Waals surface area contributed by atoms with Gasteiger partial charge in [-0.2, -0.15) is 0 Å². The molecule has 0 saturated carbocycles. The smallest absolute Gasteiger partial charge is 0.236 e. The Hall–Kier alpha value is -1.53. The number of likely N-dealkylation sites (tertiary alicyclic amines) is 1. The number of hydrogen-bond donors (Lipinski definition) is 1. The van der Waals surface area contributed by atoms with Crippen LogP contribution in [0.15, 0.2) is 18.3 Å². The lowest BCUT2D eigenvalue weighted by Gasteiger charge is -2.21. The molecule has 0 bridgehead atoms. The van der Waals surface area contributed by atoms with Crippen LogP contribution >= 0.6 is 12.2 Å². The van der Waals surface area contributed by atoms with Crippen molar-refractivity contribution in [1.29, 1.82) is 0 Å². The van der Waals surface area contributed by atoms with Crippen molar-refractivity contribution < 1.29 is 4.79 Å². The quantitative estimate of drug-likeness (QED) is 0.812. The number of nitrogens with zero attached hydrogens (tertiary/aromatic N) is 3. The Balaban J connectivity index is 1.95. The molecule has 0 spiro atoms. The Bertz CT molecular complexity index is 500. The summed E-state index contributed by atoms with van der Waals surface area (Å²) >= 11 is 5.00. The highest BCUT2D eigenvalue weighted by Gasteiger charge is 2.19. The van der Waals surface area contributed by atoms with E-state index in [0.29, 0.717) is 23.8 Å². The van der Waals surface area contributed by atoms with Crippen molar-refractivity contribution in [3.05, 3.63) is 29.6 Å². The molecule has 1 aliphatic heterocycles. The van der Waals surface area contributed by atoms with E-state index in [1.165, 1.54) is 0 Å². The monoisotopic (exact) mass is 292 g/mol. The average molecular weight is 292 g/mol. The van der Waals surface area contributed by atoms with Gasteiger partial charge in [0, 0.05) is 25.8 Å². The molecule has 0 atom stereocenters. The number of nitrogens with two attached hydrogens (primary N) is 1. The maximum atomic E-state index is 12.1. The number of rotatable bonds is 5. The molecule has 5 nitrogen and oxygen atoms in total. The summed E-state index contributed by atoms with van der Waals surface area (Å²) in [6, 6.07) is 3.80. The molecule has 0 radical (unpaired) electrons. The summed E-state index contributed by atoms with van der Waals surface area (Å²) in [5, 5.41) is 0. The zero-order valence-electron chi connectivity index (χ0n) is 11.7. The van der Waals surface area contributed by atoms with Crippen LogP contribution in [0.2, 0.25) is 0 Å².